The van der Waals surface area contributed by atoms with Crippen LogP contribution in [-0.2, 0) is 0 Å². The molecule has 1 N–H and O–H groups in total. The van der Waals surface area contributed by atoms with E-state index in [1.54, 1.807) is 11.3 Å². The highest BCUT2D eigenvalue weighted by atomic mass is 32.1. The van der Waals surface area contributed by atoms with Gasteiger partial charge in [-0.05, 0) is 45.7 Å². The van der Waals surface area contributed by atoms with Crippen molar-refractivity contribution < 1.29 is 0 Å². The molecular weight excluding hydrogens is 220 g/mol. The molecule has 0 aliphatic carbocycles. The van der Waals surface area contributed by atoms with Crippen molar-refractivity contribution in [1.29, 1.82) is 0 Å². The van der Waals surface area contributed by atoms with Crippen LogP contribution in [0.4, 0.5) is 5.13 Å². The smallest absolute Gasteiger partial charge is 0.208 e. The predicted molar refractivity (Wildman–Crippen MR) is 68.1 cm³/mol. The van der Waals surface area contributed by atoms with E-state index in [1.807, 2.05) is 6.92 Å². The summed E-state index contributed by atoms with van der Waals surface area (Å²) in [6.07, 6.45) is 2.57. The van der Waals surface area contributed by atoms with Crippen LogP contribution in [0.25, 0.3) is 0 Å². The van der Waals surface area contributed by atoms with E-state index in [4.69, 9.17) is 0 Å². The summed E-state index contributed by atoms with van der Waals surface area (Å²) >= 11 is 1.70. The molecule has 0 bridgehead atoms. The van der Waals surface area contributed by atoms with Gasteiger partial charge in [-0.1, -0.05) is 11.3 Å². The van der Waals surface area contributed by atoms with E-state index in [1.165, 1.54) is 12.8 Å². The van der Waals surface area contributed by atoms with Crippen molar-refractivity contribution in [2.24, 2.45) is 5.92 Å². The number of nitrogens with zero attached hydrogens (tertiary/aromatic N) is 3. The molecule has 16 heavy (non-hydrogen) atoms. The third kappa shape index (κ3) is 2.92. The molecule has 0 spiro atoms. The molecule has 2 rings (SSSR count). The average molecular weight is 240 g/mol. The summed E-state index contributed by atoms with van der Waals surface area (Å²) in [5, 5.41) is 13.9. The SMILES string of the molecule is CCN(CC1CCNCC1)c1nnc(C)s1. The Morgan fingerprint density at radius 3 is 2.69 bits per heavy atom. The number of aryl methyl sites for hydroxylation is 1. The minimum Gasteiger partial charge on any atom is -0.347 e. The summed E-state index contributed by atoms with van der Waals surface area (Å²) in [6.45, 7) is 8.69. The number of hydrogen-bond donors (Lipinski definition) is 1. The van der Waals surface area contributed by atoms with Gasteiger partial charge in [0.25, 0.3) is 0 Å². The summed E-state index contributed by atoms with van der Waals surface area (Å²) in [4.78, 5) is 2.36. The average Bonchev–Trinajstić information content (AvgIpc) is 2.74. The molecule has 0 saturated carbocycles. The molecule has 1 aliphatic rings. The largest absolute Gasteiger partial charge is 0.347 e. The van der Waals surface area contributed by atoms with Gasteiger partial charge in [-0.3, -0.25) is 0 Å². The Balaban J connectivity index is 1.94. The van der Waals surface area contributed by atoms with Crippen LogP contribution < -0.4 is 10.2 Å². The zero-order chi connectivity index (χ0) is 11.4. The van der Waals surface area contributed by atoms with Crippen molar-refractivity contribution in [3.63, 3.8) is 0 Å². The van der Waals surface area contributed by atoms with E-state index in [0.717, 1.165) is 42.2 Å². The Bertz CT molecular complexity index is 320. The standard InChI is InChI=1S/C11H20N4S/c1-3-15(11-14-13-9(2)16-11)8-10-4-6-12-7-5-10/h10,12H,3-8H2,1-2H3. The van der Waals surface area contributed by atoms with E-state index in [2.05, 4.69) is 27.3 Å². The van der Waals surface area contributed by atoms with Gasteiger partial charge < -0.3 is 10.2 Å². The normalized spacial score (nSPS) is 17.6. The second-order valence-corrected chi connectivity index (χ2v) is 5.50. The van der Waals surface area contributed by atoms with Gasteiger partial charge in [0.2, 0.25) is 5.13 Å². The molecule has 4 nitrogen and oxygen atoms in total. The summed E-state index contributed by atoms with van der Waals surface area (Å²) in [6, 6.07) is 0. The van der Waals surface area contributed by atoms with Gasteiger partial charge in [0, 0.05) is 13.1 Å². The monoisotopic (exact) mass is 240 g/mol. The van der Waals surface area contributed by atoms with Crippen LogP contribution >= 0.6 is 11.3 Å². The van der Waals surface area contributed by atoms with Gasteiger partial charge in [-0.25, -0.2) is 0 Å². The maximum atomic E-state index is 4.23. The van der Waals surface area contributed by atoms with Gasteiger partial charge in [-0.15, -0.1) is 10.2 Å². The van der Waals surface area contributed by atoms with Crippen LogP contribution in [0.15, 0.2) is 0 Å². The summed E-state index contributed by atoms with van der Waals surface area (Å²) < 4.78 is 0. The molecule has 0 radical (unpaired) electrons. The highest BCUT2D eigenvalue weighted by molar-refractivity contribution is 7.15. The Morgan fingerprint density at radius 1 is 1.38 bits per heavy atom. The number of aromatic nitrogens is 2. The van der Waals surface area contributed by atoms with E-state index in [0.29, 0.717) is 0 Å². The zero-order valence-corrected chi connectivity index (χ0v) is 10.9. The highest BCUT2D eigenvalue weighted by Gasteiger charge is 2.18. The molecule has 1 aliphatic heterocycles. The third-order valence-electron chi connectivity index (χ3n) is 3.10. The van der Waals surface area contributed by atoms with E-state index in [-0.39, 0.29) is 0 Å². The topological polar surface area (TPSA) is 41.0 Å². The number of piperidine rings is 1. The van der Waals surface area contributed by atoms with Crippen molar-refractivity contribution in [2.75, 3.05) is 31.1 Å². The zero-order valence-electron chi connectivity index (χ0n) is 10.1. The maximum absolute atomic E-state index is 4.23. The quantitative estimate of drug-likeness (QED) is 0.869. The van der Waals surface area contributed by atoms with Gasteiger partial charge in [0.05, 0.1) is 0 Å². The van der Waals surface area contributed by atoms with Crippen molar-refractivity contribution in [3.8, 4) is 0 Å². The molecule has 0 amide bonds. The van der Waals surface area contributed by atoms with E-state index < -0.39 is 0 Å². The maximum Gasteiger partial charge on any atom is 0.208 e. The van der Waals surface area contributed by atoms with Crippen LogP contribution in [0.3, 0.4) is 0 Å². The second-order valence-electron chi connectivity index (χ2n) is 4.34. The first-order valence-electron chi connectivity index (χ1n) is 6.05. The minimum absolute atomic E-state index is 0.811. The van der Waals surface area contributed by atoms with Crippen molar-refractivity contribution in [2.45, 2.75) is 26.7 Å². The van der Waals surface area contributed by atoms with Crippen LogP contribution in [0, 0.1) is 12.8 Å². The first-order valence-corrected chi connectivity index (χ1v) is 6.87. The van der Waals surface area contributed by atoms with Crippen LogP contribution in [-0.4, -0.2) is 36.4 Å². The molecule has 1 aromatic rings. The summed E-state index contributed by atoms with van der Waals surface area (Å²) in [5.41, 5.74) is 0. The number of nitrogens with one attached hydrogen (secondary N) is 1. The van der Waals surface area contributed by atoms with Gasteiger partial charge in [-0.2, -0.15) is 0 Å². The first-order chi connectivity index (χ1) is 7.79. The van der Waals surface area contributed by atoms with Crippen molar-refractivity contribution >= 4 is 16.5 Å². The Labute approximate surface area is 101 Å². The molecule has 1 fully saturated rings. The first kappa shape index (κ1) is 11.8. The van der Waals surface area contributed by atoms with Crippen LogP contribution in [0.2, 0.25) is 0 Å². The fraction of sp³-hybridized carbons (Fsp3) is 0.818. The minimum atomic E-state index is 0.811. The van der Waals surface area contributed by atoms with E-state index in [9.17, 15) is 0 Å². The Hall–Kier alpha value is -0.680. The predicted octanol–water partition coefficient (Wildman–Crippen LogP) is 1.67. The van der Waals surface area contributed by atoms with Crippen molar-refractivity contribution in [3.05, 3.63) is 5.01 Å². The van der Waals surface area contributed by atoms with Crippen molar-refractivity contribution in [1.82, 2.24) is 15.5 Å². The number of anilines is 1. The Kier molecular flexibility index (Phi) is 4.12. The lowest BCUT2D eigenvalue weighted by atomic mass is 9.98. The number of rotatable bonds is 4. The second kappa shape index (κ2) is 5.59. The van der Waals surface area contributed by atoms with Crippen LogP contribution in [0.1, 0.15) is 24.8 Å². The molecule has 1 saturated heterocycles. The summed E-state index contributed by atoms with van der Waals surface area (Å²) in [5.74, 6) is 0.811. The fourth-order valence-corrected chi connectivity index (χ4v) is 2.89. The summed E-state index contributed by atoms with van der Waals surface area (Å²) in [7, 11) is 0. The molecule has 90 valence electrons. The molecule has 0 aromatic carbocycles. The molecule has 1 aromatic heterocycles. The molecule has 0 atom stereocenters. The van der Waals surface area contributed by atoms with Gasteiger partial charge in [0.1, 0.15) is 5.01 Å². The molecular formula is C11H20N4S. The fourth-order valence-electron chi connectivity index (χ4n) is 2.13. The lowest BCUT2D eigenvalue weighted by Crippen LogP contribution is -2.36. The molecule has 0 unspecified atom stereocenters. The van der Waals surface area contributed by atoms with E-state index >= 15 is 0 Å². The number of hydrogen-bond acceptors (Lipinski definition) is 5. The van der Waals surface area contributed by atoms with Gasteiger partial charge in [0.15, 0.2) is 0 Å². The highest BCUT2D eigenvalue weighted by Crippen LogP contribution is 2.22. The molecule has 5 heteroatoms. The lowest BCUT2D eigenvalue weighted by molar-refractivity contribution is 0.374. The van der Waals surface area contributed by atoms with Crippen LogP contribution in [0.5, 0.6) is 0 Å². The Morgan fingerprint density at radius 2 is 2.12 bits per heavy atom. The third-order valence-corrected chi connectivity index (χ3v) is 4.00. The van der Waals surface area contributed by atoms with Gasteiger partial charge >= 0.3 is 0 Å². The lowest BCUT2D eigenvalue weighted by Gasteiger charge is -2.28. The molecule has 2 heterocycles.